The van der Waals surface area contributed by atoms with Crippen LogP contribution in [0.15, 0.2) is 91.8 Å². The highest BCUT2D eigenvalue weighted by Gasteiger charge is 2.42. The number of pyridine rings is 2. The number of aromatic nitrogens is 6. The van der Waals surface area contributed by atoms with E-state index in [4.69, 9.17) is 16.6 Å². The number of nitrogens with zero attached hydrogens (tertiary/aromatic N) is 7. The second-order valence-corrected chi connectivity index (χ2v) is 12.4. The molecule has 1 N–H and O–H groups in total. The molecule has 1 saturated heterocycles. The first-order chi connectivity index (χ1) is 22.3. The van der Waals surface area contributed by atoms with Gasteiger partial charge in [0.25, 0.3) is 0 Å². The summed E-state index contributed by atoms with van der Waals surface area (Å²) < 4.78 is 58.1. The number of halogens is 5. The summed E-state index contributed by atoms with van der Waals surface area (Å²) in [5.74, 6) is 0.565. The van der Waals surface area contributed by atoms with Crippen molar-refractivity contribution in [2.45, 2.75) is 30.8 Å². The largest absolute Gasteiger partial charge is 0.433 e. The Labute approximate surface area is 271 Å². The van der Waals surface area contributed by atoms with E-state index < -0.39 is 23.1 Å². The molecule has 1 unspecified atom stereocenters. The zero-order valence-corrected chi connectivity index (χ0v) is 26.0. The van der Waals surface area contributed by atoms with Gasteiger partial charge in [0.15, 0.2) is 5.60 Å². The number of hydrogen-bond acceptors (Lipinski definition) is 6. The zero-order valence-electron chi connectivity index (χ0n) is 25.2. The molecule has 240 valence electrons. The van der Waals surface area contributed by atoms with Crippen LogP contribution in [0.4, 0.5) is 23.4 Å². The molecule has 1 aliphatic heterocycles. The number of anilines is 1. The summed E-state index contributed by atoms with van der Waals surface area (Å²) in [6.45, 7) is 1.86. The van der Waals surface area contributed by atoms with Crippen LogP contribution in [0, 0.1) is 0 Å². The highest BCUT2D eigenvalue weighted by molar-refractivity contribution is 6.36. The van der Waals surface area contributed by atoms with Crippen molar-refractivity contribution in [2.75, 3.05) is 18.0 Å². The Morgan fingerprint density at radius 2 is 1.74 bits per heavy atom. The Morgan fingerprint density at radius 3 is 2.34 bits per heavy atom. The molecule has 47 heavy (non-hydrogen) atoms. The molecule has 0 saturated carbocycles. The van der Waals surface area contributed by atoms with Crippen LogP contribution < -0.4 is 4.90 Å². The van der Waals surface area contributed by atoms with Crippen molar-refractivity contribution in [1.82, 2.24) is 29.3 Å². The number of rotatable bonds is 7. The minimum Gasteiger partial charge on any atom is -0.374 e. The predicted octanol–water partition coefficient (Wildman–Crippen LogP) is 6.64. The molecule has 1 fully saturated rings. The molecule has 8 nitrogen and oxygen atoms in total. The maximum Gasteiger partial charge on any atom is 0.433 e. The third-order valence-corrected chi connectivity index (χ3v) is 8.93. The number of aryl methyl sites for hydroxylation is 1. The molecule has 0 spiro atoms. The van der Waals surface area contributed by atoms with Crippen LogP contribution in [0.2, 0.25) is 5.02 Å². The lowest BCUT2D eigenvalue weighted by Gasteiger charge is -2.44. The van der Waals surface area contributed by atoms with E-state index in [0.717, 1.165) is 23.5 Å². The van der Waals surface area contributed by atoms with Crippen LogP contribution in [-0.2, 0) is 25.2 Å². The fourth-order valence-electron chi connectivity index (χ4n) is 6.13. The van der Waals surface area contributed by atoms with E-state index >= 15 is 0 Å². The Kier molecular flexibility index (Phi) is 7.32. The summed E-state index contributed by atoms with van der Waals surface area (Å²) >= 11 is 7.19. The summed E-state index contributed by atoms with van der Waals surface area (Å²) in [6.07, 6.45) is 3.23. The van der Waals surface area contributed by atoms with E-state index in [1.807, 2.05) is 41.4 Å². The molecule has 4 aromatic heterocycles. The summed E-state index contributed by atoms with van der Waals surface area (Å²) in [5, 5.41) is 17.5. The van der Waals surface area contributed by atoms with Gasteiger partial charge in [0.2, 0.25) is 0 Å². The van der Waals surface area contributed by atoms with Crippen LogP contribution in [0.3, 0.4) is 0 Å². The highest BCUT2D eigenvalue weighted by atomic mass is 35.5. The topological polar surface area (TPSA) is 84.9 Å². The number of benzene rings is 2. The fourth-order valence-corrected chi connectivity index (χ4v) is 6.43. The molecule has 13 heteroatoms. The second-order valence-electron chi connectivity index (χ2n) is 12.1. The molecular weight excluding hydrogens is 634 g/mol. The van der Waals surface area contributed by atoms with Gasteiger partial charge in [-0.05, 0) is 54.4 Å². The Balaban J connectivity index is 1.35. The van der Waals surface area contributed by atoms with Gasteiger partial charge in [0.05, 0.1) is 47.5 Å². The van der Waals surface area contributed by atoms with E-state index in [-0.39, 0.29) is 18.7 Å². The number of imidazole rings is 1. The van der Waals surface area contributed by atoms with Gasteiger partial charge >= 0.3 is 6.18 Å². The molecule has 7 rings (SSSR count). The third kappa shape index (κ3) is 5.51. The Bertz CT molecular complexity index is 2070. The standard InChI is InChI=1S/C34H28ClF4N7O/c1-32(36)18-45(19-32)31-26(14-21-4-8-24(9-5-21)46-13-3-12-42-46)30(35)25-15-22(6-10-27(25)43-31)33(47,29-17-40-20-44(29)2)23-7-11-28(41-16-23)34(37,38)39/h3-13,15-17,20,47H,14,18-19H2,1-2H3. The van der Waals surface area contributed by atoms with Crippen molar-refractivity contribution in [2.24, 2.45) is 7.05 Å². The van der Waals surface area contributed by atoms with Crippen molar-refractivity contribution < 1.29 is 22.7 Å². The van der Waals surface area contributed by atoms with Gasteiger partial charge in [-0.3, -0.25) is 4.98 Å². The molecule has 1 aliphatic rings. The van der Waals surface area contributed by atoms with Crippen LogP contribution in [0.1, 0.15) is 40.6 Å². The molecule has 6 aromatic rings. The lowest BCUT2D eigenvalue weighted by molar-refractivity contribution is -0.141. The number of aliphatic hydroxyl groups is 1. The quantitative estimate of drug-likeness (QED) is 0.193. The number of alkyl halides is 4. The molecule has 0 radical (unpaired) electrons. The zero-order chi connectivity index (χ0) is 33.1. The first kappa shape index (κ1) is 30.8. The van der Waals surface area contributed by atoms with Crippen molar-refractivity contribution >= 4 is 28.3 Å². The smallest absolute Gasteiger partial charge is 0.374 e. The first-order valence-corrected chi connectivity index (χ1v) is 15.1. The lowest BCUT2D eigenvalue weighted by atomic mass is 9.83. The average molecular weight is 662 g/mol. The summed E-state index contributed by atoms with van der Waals surface area (Å²) in [7, 11) is 1.67. The van der Waals surface area contributed by atoms with Crippen molar-refractivity contribution in [1.29, 1.82) is 0 Å². The van der Waals surface area contributed by atoms with Crippen LogP contribution >= 0.6 is 11.6 Å². The van der Waals surface area contributed by atoms with Gasteiger partial charge in [-0.15, -0.1) is 0 Å². The van der Waals surface area contributed by atoms with Gasteiger partial charge in [-0.1, -0.05) is 35.9 Å². The number of fused-ring (bicyclic) bond motifs is 1. The lowest BCUT2D eigenvalue weighted by Crippen LogP contribution is -2.57. The van der Waals surface area contributed by atoms with Gasteiger partial charge in [0, 0.05) is 48.6 Å². The van der Waals surface area contributed by atoms with Crippen LogP contribution in [0.5, 0.6) is 0 Å². The first-order valence-electron chi connectivity index (χ1n) is 14.7. The van der Waals surface area contributed by atoms with Crippen LogP contribution in [0.25, 0.3) is 16.6 Å². The minimum absolute atomic E-state index is 0.106. The average Bonchev–Trinajstić information content (AvgIpc) is 3.73. The van der Waals surface area contributed by atoms with Crippen molar-refractivity contribution in [3.05, 3.63) is 130 Å². The minimum atomic E-state index is -4.64. The van der Waals surface area contributed by atoms with Gasteiger partial charge in [-0.25, -0.2) is 19.0 Å². The van der Waals surface area contributed by atoms with E-state index in [9.17, 15) is 22.7 Å². The molecule has 5 heterocycles. The van der Waals surface area contributed by atoms with Gasteiger partial charge in [0.1, 0.15) is 17.2 Å². The van der Waals surface area contributed by atoms with Gasteiger partial charge < -0.3 is 14.6 Å². The van der Waals surface area contributed by atoms with Crippen molar-refractivity contribution in [3.8, 4) is 5.69 Å². The SMILES string of the molecule is Cn1cncc1C(O)(c1ccc(C(F)(F)F)nc1)c1ccc2nc(N3CC(C)(F)C3)c(Cc3ccc(-n4cccn4)cc3)c(Cl)c2c1. The molecular formula is C34H28ClF4N7O. The monoisotopic (exact) mass is 661 g/mol. The van der Waals surface area contributed by atoms with E-state index in [0.29, 0.717) is 45.0 Å². The second kappa shape index (κ2) is 11.2. The summed E-state index contributed by atoms with van der Waals surface area (Å²) in [5.41, 5.74) is -0.642. The predicted molar refractivity (Wildman–Crippen MR) is 169 cm³/mol. The Hall–Kier alpha value is -4.81. The number of hydrogen-bond donors (Lipinski definition) is 1. The Morgan fingerprint density at radius 1 is 1.00 bits per heavy atom. The van der Waals surface area contributed by atoms with E-state index in [1.54, 1.807) is 47.6 Å². The maximum atomic E-state index is 14.7. The normalized spacial score (nSPS) is 15.9. The fraction of sp³-hybridized carbons (Fsp3) is 0.235. The highest BCUT2D eigenvalue weighted by Crippen LogP contribution is 2.42. The molecule has 0 amide bonds. The van der Waals surface area contributed by atoms with Crippen molar-refractivity contribution in [3.63, 3.8) is 0 Å². The molecule has 0 bridgehead atoms. The molecule has 2 aromatic carbocycles. The third-order valence-electron chi connectivity index (χ3n) is 8.50. The van der Waals surface area contributed by atoms with Crippen LogP contribution in [-0.4, -0.2) is 53.2 Å². The van der Waals surface area contributed by atoms with Gasteiger partial charge in [-0.2, -0.15) is 18.3 Å². The molecule has 1 atom stereocenters. The molecule has 0 aliphatic carbocycles. The van der Waals surface area contributed by atoms with E-state index in [2.05, 4.69) is 15.1 Å². The summed E-state index contributed by atoms with van der Waals surface area (Å²) in [4.78, 5) is 14.5. The van der Waals surface area contributed by atoms with E-state index in [1.165, 1.54) is 18.6 Å². The maximum absolute atomic E-state index is 14.7. The summed E-state index contributed by atoms with van der Waals surface area (Å²) in [6, 6.07) is 16.7.